The van der Waals surface area contributed by atoms with Gasteiger partial charge < -0.3 is 29.7 Å². The first-order chi connectivity index (χ1) is 20.9. The number of ether oxygens (including phenoxy) is 3. The Morgan fingerprint density at radius 1 is 1.05 bits per heavy atom. The molecule has 43 heavy (non-hydrogen) atoms. The van der Waals surface area contributed by atoms with Crippen molar-refractivity contribution in [3.05, 3.63) is 95.0 Å². The van der Waals surface area contributed by atoms with Gasteiger partial charge in [-0.2, -0.15) is 0 Å². The summed E-state index contributed by atoms with van der Waals surface area (Å²) in [5.74, 6) is 0.497. The molecule has 0 spiro atoms. The van der Waals surface area contributed by atoms with Crippen LogP contribution < -0.4 is 24.8 Å². The molecule has 3 amide bonds. The van der Waals surface area contributed by atoms with E-state index in [1.807, 2.05) is 60.0 Å². The van der Waals surface area contributed by atoms with Crippen molar-refractivity contribution in [3.63, 3.8) is 0 Å². The number of amides is 3. The molecule has 2 N–H and O–H groups in total. The largest absolute Gasteiger partial charge is 0.493 e. The van der Waals surface area contributed by atoms with E-state index in [4.69, 9.17) is 14.2 Å². The Bertz CT molecular complexity index is 1620. The molecule has 4 heterocycles. The highest BCUT2D eigenvalue weighted by molar-refractivity contribution is 7.13. The number of fused-ring (bicyclic) bond motifs is 7. The van der Waals surface area contributed by atoms with Crippen LogP contribution in [0.4, 0.5) is 0 Å². The average molecular weight is 599 g/mol. The third-order valence-corrected chi connectivity index (χ3v) is 8.27. The third kappa shape index (κ3) is 6.62. The molecule has 0 saturated carbocycles. The van der Waals surface area contributed by atoms with E-state index in [-0.39, 0.29) is 43.0 Å². The molecule has 1 saturated heterocycles. The van der Waals surface area contributed by atoms with Crippen LogP contribution in [0.2, 0.25) is 0 Å². The number of thiazole rings is 1. The number of methoxy groups -OCH3 is 1. The maximum absolute atomic E-state index is 13.4. The van der Waals surface area contributed by atoms with Gasteiger partial charge in [-0.1, -0.05) is 42.5 Å². The van der Waals surface area contributed by atoms with E-state index >= 15 is 0 Å². The molecule has 1 fully saturated rings. The highest BCUT2D eigenvalue weighted by atomic mass is 32.1. The standard InChI is InChI=1S/C32H30N4O6S/c1-40-26-12-9-22-13-27(26)41-18-29(37)33-15-20-7-10-24(11-8-20)42-28-17-36(16-25(28)35-31(22)39)30(38)14-23-19-43-32(34-23)21-5-3-2-4-6-21/h2-13,19,25,28H,14-18H2,1H3,(H,33,37)(H,35,39)/t25-,28-/m0/s1. The average Bonchev–Trinajstić information content (AvgIpc) is 3.66. The Kier molecular flexibility index (Phi) is 8.23. The van der Waals surface area contributed by atoms with Crippen LogP contribution in [0.1, 0.15) is 21.6 Å². The normalized spacial score (nSPS) is 18.5. The summed E-state index contributed by atoms with van der Waals surface area (Å²) in [6.07, 6.45) is -0.338. The summed E-state index contributed by atoms with van der Waals surface area (Å²) in [5.41, 5.74) is 2.92. The summed E-state index contributed by atoms with van der Waals surface area (Å²) in [4.78, 5) is 45.6. The molecule has 0 unspecified atom stereocenters. The Morgan fingerprint density at radius 2 is 1.86 bits per heavy atom. The molecule has 10 nitrogen and oxygen atoms in total. The Labute approximate surface area is 252 Å². The van der Waals surface area contributed by atoms with E-state index in [1.165, 1.54) is 24.5 Å². The SMILES string of the molecule is COc1ccc2cc1OCC(=O)NCc1ccc(cc1)O[C@H]1CN(C(=O)Cc3csc(-c4ccccc4)n3)C[C@@H]1NC2=O. The number of nitrogens with one attached hydrogen (secondary N) is 2. The van der Waals surface area contributed by atoms with Crippen LogP contribution in [0.25, 0.3) is 10.6 Å². The number of nitrogens with zero attached hydrogens (tertiary/aromatic N) is 2. The van der Waals surface area contributed by atoms with Gasteiger partial charge in [-0.15, -0.1) is 11.3 Å². The van der Waals surface area contributed by atoms with Crippen molar-refractivity contribution < 1.29 is 28.6 Å². The molecule has 0 aliphatic carbocycles. The molecule has 4 aromatic rings. The van der Waals surface area contributed by atoms with E-state index in [0.717, 1.165) is 16.1 Å². The van der Waals surface area contributed by atoms with Crippen molar-refractivity contribution in [2.45, 2.75) is 25.1 Å². The van der Waals surface area contributed by atoms with Crippen molar-refractivity contribution in [1.29, 1.82) is 0 Å². The number of aromatic nitrogens is 1. The van der Waals surface area contributed by atoms with Crippen molar-refractivity contribution in [1.82, 2.24) is 20.5 Å². The maximum Gasteiger partial charge on any atom is 0.258 e. The lowest BCUT2D eigenvalue weighted by Gasteiger charge is -2.21. The number of rotatable bonds is 4. The van der Waals surface area contributed by atoms with Gasteiger partial charge in [0, 0.05) is 29.6 Å². The van der Waals surface area contributed by atoms with E-state index in [9.17, 15) is 14.4 Å². The van der Waals surface area contributed by atoms with Crippen molar-refractivity contribution in [2.75, 3.05) is 26.8 Å². The van der Waals surface area contributed by atoms with Crippen LogP contribution in [-0.2, 0) is 22.6 Å². The molecule has 2 atom stereocenters. The van der Waals surface area contributed by atoms with E-state index in [1.54, 1.807) is 17.0 Å². The molecular formula is C32H30N4O6S. The molecule has 220 valence electrons. The van der Waals surface area contributed by atoms with Gasteiger partial charge in [0.1, 0.15) is 16.9 Å². The third-order valence-electron chi connectivity index (χ3n) is 7.33. The number of carbonyl (C=O) groups excluding carboxylic acids is 3. The number of likely N-dealkylation sites (tertiary alicyclic amines) is 1. The highest BCUT2D eigenvalue weighted by Gasteiger charge is 2.38. The smallest absolute Gasteiger partial charge is 0.258 e. The fourth-order valence-corrected chi connectivity index (χ4v) is 5.87. The van der Waals surface area contributed by atoms with Crippen LogP contribution in [0.15, 0.2) is 78.2 Å². The lowest BCUT2D eigenvalue weighted by atomic mass is 10.1. The summed E-state index contributed by atoms with van der Waals surface area (Å²) >= 11 is 1.50. The second kappa shape index (κ2) is 12.5. The number of benzene rings is 3. The monoisotopic (exact) mass is 598 g/mol. The van der Waals surface area contributed by atoms with Gasteiger partial charge in [-0.3, -0.25) is 14.4 Å². The minimum absolute atomic E-state index is 0.0939. The van der Waals surface area contributed by atoms with Crippen molar-refractivity contribution in [3.8, 4) is 27.8 Å². The molecule has 0 radical (unpaired) electrons. The number of hydrogen-bond acceptors (Lipinski definition) is 8. The molecule has 1 aromatic heterocycles. The lowest BCUT2D eigenvalue weighted by molar-refractivity contribution is -0.129. The van der Waals surface area contributed by atoms with Gasteiger partial charge in [0.15, 0.2) is 18.1 Å². The molecule has 4 bridgehead atoms. The minimum Gasteiger partial charge on any atom is -0.493 e. The zero-order valence-corrected chi connectivity index (χ0v) is 24.3. The summed E-state index contributed by atoms with van der Waals surface area (Å²) in [6, 6.07) is 21.5. The topological polar surface area (TPSA) is 119 Å². The first-order valence-corrected chi connectivity index (χ1v) is 14.7. The summed E-state index contributed by atoms with van der Waals surface area (Å²) < 4.78 is 17.4. The van der Waals surface area contributed by atoms with Gasteiger partial charge >= 0.3 is 0 Å². The Hall–Kier alpha value is -4.90. The summed E-state index contributed by atoms with van der Waals surface area (Å²) in [5, 5.41) is 8.64. The van der Waals surface area contributed by atoms with Crippen LogP contribution in [0, 0.1) is 0 Å². The fraction of sp³-hybridized carbons (Fsp3) is 0.250. The molecule has 3 aliphatic heterocycles. The van der Waals surface area contributed by atoms with Crippen LogP contribution in [0.3, 0.4) is 0 Å². The maximum atomic E-state index is 13.4. The van der Waals surface area contributed by atoms with E-state index in [2.05, 4.69) is 15.6 Å². The Balaban J connectivity index is 1.23. The van der Waals surface area contributed by atoms with E-state index in [0.29, 0.717) is 35.8 Å². The van der Waals surface area contributed by atoms with Gasteiger partial charge in [-0.25, -0.2) is 4.98 Å². The quantitative estimate of drug-likeness (QED) is 0.369. The highest BCUT2D eigenvalue weighted by Crippen LogP contribution is 2.29. The summed E-state index contributed by atoms with van der Waals surface area (Å²) in [7, 11) is 1.49. The second-order valence-electron chi connectivity index (χ2n) is 10.3. The van der Waals surface area contributed by atoms with E-state index < -0.39 is 12.1 Å². The first kappa shape index (κ1) is 28.2. The molecule has 7 rings (SSSR count). The van der Waals surface area contributed by atoms with Gasteiger partial charge in [0.2, 0.25) is 5.91 Å². The van der Waals surface area contributed by atoms with Gasteiger partial charge in [0.25, 0.3) is 11.8 Å². The van der Waals surface area contributed by atoms with Crippen LogP contribution in [-0.4, -0.2) is 66.6 Å². The molecule has 3 aliphatic rings. The lowest BCUT2D eigenvalue weighted by Crippen LogP contribution is -2.45. The predicted molar refractivity (Wildman–Crippen MR) is 160 cm³/mol. The fourth-order valence-electron chi connectivity index (χ4n) is 5.04. The molecule has 3 aromatic carbocycles. The molecular weight excluding hydrogens is 568 g/mol. The number of hydrogen-bond donors (Lipinski definition) is 2. The zero-order valence-electron chi connectivity index (χ0n) is 23.4. The Morgan fingerprint density at radius 3 is 2.65 bits per heavy atom. The zero-order chi connectivity index (χ0) is 29.8. The number of carbonyl (C=O) groups is 3. The molecule has 11 heteroatoms. The summed E-state index contributed by atoms with van der Waals surface area (Å²) in [6.45, 7) is 0.655. The van der Waals surface area contributed by atoms with Gasteiger partial charge in [-0.05, 0) is 35.9 Å². The van der Waals surface area contributed by atoms with Crippen LogP contribution in [0.5, 0.6) is 17.2 Å². The van der Waals surface area contributed by atoms with Crippen molar-refractivity contribution >= 4 is 29.1 Å². The minimum atomic E-state index is -0.488. The van der Waals surface area contributed by atoms with Crippen LogP contribution >= 0.6 is 11.3 Å². The van der Waals surface area contributed by atoms with Crippen molar-refractivity contribution in [2.24, 2.45) is 0 Å². The second-order valence-corrected chi connectivity index (χ2v) is 11.2. The first-order valence-electron chi connectivity index (χ1n) is 13.9. The van der Waals surface area contributed by atoms with Gasteiger partial charge in [0.05, 0.1) is 31.8 Å². The predicted octanol–water partition coefficient (Wildman–Crippen LogP) is 3.46.